The van der Waals surface area contributed by atoms with Gasteiger partial charge in [0.2, 0.25) is 0 Å². The van der Waals surface area contributed by atoms with Crippen molar-refractivity contribution in [1.29, 1.82) is 0 Å². The summed E-state index contributed by atoms with van der Waals surface area (Å²) in [5.74, 6) is -0.520. The molecule has 0 spiro atoms. The predicted molar refractivity (Wildman–Crippen MR) is 98.8 cm³/mol. The standard InChI is InChI=1S/C19H23FN2O3S/c1-13(25-11-18-4-3-9-24-18)19(23)22(10-16-12-26-14(2)21-16)17-7-5-15(20)6-8-17/h5-8,12-13,18H,3-4,9-11H2,1-2H3. The van der Waals surface area contributed by atoms with Crippen LogP contribution in [0.4, 0.5) is 10.1 Å². The van der Waals surface area contributed by atoms with Crippen molar-refractivity contribution in [3.05, 3.63) is 46.2 Å². The first-order chi connectivity index (χ1) is 12.5. The molecule has 26 heavy (non-hydrogen) atoms. The van der Waals surface area contributed by atoms with E-state index in [2.05, 4.69) is 4.98 Å². The Morgan fingerprint density at radius 3 is 2.85 bits per heavy atom. The topological polar surface area (TPSA) is 51.7 Å². The van der Waals surface area contributed by atoms with Gasteiger partial charge in [0.25, 0.3) is 5.91 Å². The van der Waals surface area contributed by atoms with E-state index in [1.54, 1.807) is 24.0 Å². The Morgan fingerprint density at radius 2 is 2.23 bits per heavy atom. The summed E-state index contributed by atoms with van der Waals surface area (Å²) < 4.78 is 24.6. The van der Waals surface area contributed by atoms with E-state index in [9.17, 15) is 9.18 Å². The van der Waals surface area contributed by atoms with Gasteiger partial charge in [-0.2, -0.15) is 0 Å². The quantitative estimate of drug-likeness (QED) is 0.737. The second-order valence-corrected chi connectivity index (χ2v) is 7.43. The van der Waals surface area contributed by atoms with Crippen molar-refractivity contribution in [3.8, 4) is 0 Å². The molecule has 2 heterocycles. The lowest BCUT2D eigenvalue weighted by molar-refractivity contribution is -0.131. The maximum atomic E-state index is 13.3. The predicted octanol–water partition coefficient (Wildman–Crippen LogP) is 3.71. The van der Waals surface area contributed by atoms with E-state index in [1.807, 2.05) is 12.3 Å². The number of halogens is 1. The maximum Gasteiger partial charge on any atom is 0.256 e. The van der Waals surface area contributed by atoms with E-state index in [-0.39, 0.29) is 17.8 Å². The molecular formula is C19H23FN2O3S. The Labute approximate surface area is 156 Å². The molecule has 0 saturated carbocycles. The van der Waals surface area contributed by atoms with Gasteiger partial charge in [0.05, 0.1) is 30.0 Å². The summed E-state index contributed by atoms with van der Waals surface area (Å²) in [4.78, 5) is 19.0. The molecule has 5 nitrogen and oxygen atoms in total. The molecular weight excluding hydrogens is 355 g/mol. The van der Waals surface area contributed by atoms with Crippen LogP contribution in [0.1, 0.15) is 30.5 Å². The third-order valence-corrected chi connectivity index (χ3v) is 5.12. The summed E-state index contributed by atoms with van der Waals surface area (Å²) in [6.07, 6.45) is 1.43. The first-order valence-corrected chi connectivity index (χ1v) is 9.62. The Kier molecular flexibility index (Phi) is 6.34. The van der Waals surface area contributed by atoms with Gasteiger partial charge in [0.15, 0.2) is 0 Å². The molecule has 3 rings (SSSR count). The fraction of sp³-hybridized carbons (Fsp3) is 0.474. The fourth-order valence-corrected chi connectivity index (χ4v) is 3.48. The number of aryl methyl sites for hydroxylation is 1. The zero-order chi connectivity index (χ0) is 18.5. The number of carbonyl (C=O) groups is 1. The summed E-state index contributed by atoms with van der Waals surface area (Å²) in [6.45, 7) is 5.13. The van der Waals surface area contributed by atoms with Crippen LogP contribution in [0.5, 0.6) is 0 Å². The molecule has 1 aromatic carbocycles. The van der Waals surface area contributed by atoms with E-state index in [0.717, 1.165) is 30.2 Å². The first kappa shape index (κ1) is 18.9. The average molecular weight is 378 g/mol. The van der Waals surface area contributed by atoms with Gasteiger partial charge < -0.3 is 14.4 Å². The molecule has 7 heteroatoms. The number of rotatable bonds is 7. The van der Waals surface area contributed by atoms with E-state index in [4.69, 9.17) is 9.47 Å². The number of hydrogen-bond donors (Lipinski definition) is 0. The fourth-order valence-electron chi connectivity index (χ4n) is 2.88. The molecule has 1 saturated heterocycles. The molecule has 1 aromatic heterocycles. The maximum absolute atomic E-state index is 13.3. The Balaban J connectivity index is 1.72. The third kappa shape index (κ3) is 4.87. The number of anilines is 1. The smallest absolute Gasteiger partial charge is 0.256 e. The van der Waals surface area contributed by atoms with Gasteiger partial charge in [0, 0.05) is 17.7 Å². The molecule has 1 aliphatic heterocycles. The minimum absolute atomic E-state index is 0.0608. The van der Waals surface area contributed by atoms with Gasteiger partial charge in [-0.05, 0) is 51.0 Å². The van der Waals surface area contributed by atoms with Crippen LogP contribution in [0, 0.1) is 12.7 Å². The molecule has 0 aliphatic carbocycles. The lowest BCUT2D eigenvalue weighted by Gasteiger charge is -2.26. The van der Waals surface area contributed by atoms with Gasteiger partial charge in [-0.1, -0.05) is 0 Å². The third-order valence-electron chi connectivity index (χ3n) is 4.29. The Hall–Kier alpha value is -1.83. The highest BCUT2D eigenvalue weighted by atomic mass is 32.1. The van der Waals surface area contributed by atoms with Gasteiger partial charge in [-0.3, -0.25) is 4.79 Å². The monoisotopic (exact) mass is 378 g/mol. The van der Waals surface area contributed by atoms with Crippen molar-refractivity contribution in [1.82, 2.24) is 4.98 Å². The largest absolute Gasteiger partial charge is 0.376 e. The lowest BCUT2D eigenvalue weighted by Crippen LogP contribution is -2.40. The van der Waals surface area contributed by atoms with Crippen LogP contribution in [0.25, 0.3) is 0 Å². The average Bonchev–Trinajstić information content (AvgIpc) is 3.29. The minimum atomic E-state index is -0.621. The van der Waals surface area contributed by atoms with Crippen molar-refractivity contribution in [3.63, 3.8) is 0 Å². The number of aromatic nitrogens is 1. The van der Waals surface area contributed by atoms with Crippen LogP contribution in [0.2, 0.25) is 0 Å². The van der Waals surface area contributed by atoms with Gasteiger partial charge >= 0.3 is 0 Å². The van der Waals surface area contributed by atoms with E-state index >= 15 is 0 Å². The minimum Gasteiger partial charge on any atom is -0.376 e. The van der Waals surface area contributed by atoms with Crippen LogP contribution >= 0.6 is 11.3 Å². The molecule has 0 bridgehead atoms. The number of amides is 1. The van der Waals surface area contributed by atoms with Crippen molar-refractivity contribution in [2.45, 2.75) is 45.4 Å². The summed E-state index contributed by atoms with van der Waals surface area (Å²) in [6, 6.07) is 5.89. The van der Waals surface area contributed by atoms with Gasteiger partial charge in [-0.15, -0.1) is 11.3 Å². The number of thiazole rings is 1. The highest BCUT2D eigenvalue weighted by Crippen LogP contribution is 2.21. The number of nitrogens with zero attached hydrogens (tertiary/aromatic N) is 2. The number of benzene rings is 1. The van der Waals surface area contributed by atoms with E-state index < -0.39 is 6.10 Å². The van der Waals surface area contributed by atoms with Crippen LogP contribution < -0.4 is 4.90 Å². The van der Waals surface area contributed by atoms with Crippen LogP contribution in [0.15, 0.2) is 29.6 Å². The summed E-state index contributed by atoms with van der Waals surface area (Å²) in [5.41, 5.74) is 1.42. The molecule has 0 radical (unpaired) electrons. The summed E-state index contributed by atoms with van der Waals surface area (Å²) >= 11 is 1.53. The molecule has 0 N–H and O–H groups in total. The normalized spacial score (nSPS) is 18.0. The number of ether oxygens (including phenoxy) is 2. The van der Waals surface area contributed by atoms with E-state index in [0.29, 0.717) is 18.8 Å². The summed E-state index contributed by atoms with van der Waals surface area (Å²) in [7, 11) is 0. The highest BCUT2D eigenvalue weighted by Gasteiger charge is 2.25. The van der Waals surface area contributed by atoms with Crippen molar-refractivity contribution >= 4 is 22.9 Å². The SMILES string of the molecule is Cc1nc(CN(C(=O)C(C)OCC2CCCO2)c2ccc(F)cc2)cs1. The summed E-state index contributed by atoms with van der Waals surface area (Å²) in [5, 5.41) is 2.87. The van der Waals surface area contributed by atoms with Crippen LogP contribution in [0.3, 0.4) is 0 Å². The zero-order valence-corrected chi connectivity index (χ0v) is 15.8. The van der Waals surface area contributed by atoms with Gasteiger partial charge in [-0.25, -0.2) is 9.37 Å². The first-order valence-electron chi connectivity index (χ1n) is 8.74. The van der Waals surface area contributed by atoms with Crippen LogP contribution in [-0.2, 0) is 20.8 Å². The molecule has 1 fully saturated rings. The molecule has 1 amide bonds. The molecule has 2 atom stereocenters. The van der Waals surface area contributed by atoms with Gasteiger partial charge in [0.1, 0.15) is 11.9 Å². The number of hydrogen-bond acceptors (Lipinski definition) is 5. The zero-order valence-electron chi connectivity index (χ0n) is 15.0. The van der Waals surface area contributed by atoms with Crippen molar-refractivity contribution in [2.75, 3.05) is 18.1 Å². The van der Waals surface area contributed by atoms with E-state index in [1.165, 1.54) is 23.5 Å². The second-order valence-electron chi connectivity index (χ2n) is 6.37. The number of carbonyl (C=O) groups excluding carboxylic acids is 1. The Morgan fingerprint density at radius 1 is 1.46 bits per heavy atom. The molecule has 2 aromatic rings. The van der Waals surface area contributed by atoms with Crippen molar-refractivity contribution < 1.29 is 18.7 Å². The molecule has 1 aliphatic rings. The second kappa shape index (κ2) is 8.70. The Bertz CT molecular complexity index is 729. The van der Waals surface area contributed by atoms with Crippen molar-refractivity contribution in [2.24, 2.45) is 0 Å². The lowest BCUT2D eigenvalue weighted by atomic mass is 10.2. The highest BCUT2D eigenvalue weighted by molar-refractivity contribution is 7.09. The molecule has 140 valence electrons. The molecule has 2 unspecified atom stereocenters. The van der Waals surface area contributed by atoms with Crippen LogP contribution in [-0.4, -0.2) is 36.3 Å².